The number of ether oxygens (including phenoxy) is 2. The summed E-state index contributed by atoms with van der Waals surface area (Å²) in [5.74, 6) is 2.39. The first-order chi connectivity index (χ1) is 7.76. The highest BCUT2D eigenvalue weighted by Gasteiger charge is 2.29. The normalized spacial score (nSPS) is 23.7. The molecule has 1 aliphatic rings. The van der Waals surface area contributed by atoms with Gasteiger partial charge in [0.2, 0.25) is 0 Å². The van der Waals surface area contributed by atoms with Gasteiger partial charge in [0.1, 0.15) is 11.5 Å². The minimum atomic E-state index is 0.640. The largest absolute Gasteiger partial charge is 0.497 e. The van der Waals surface area contributed by atoms with Gasteiger partial charge >= 0.3 is 0 Å². The van der Waals surface area contributed by atoms with E-state index in [1.807, 2.05) is 13.1 Å². The molecule has 1 aromatic carbocycles. The molecular weight excluding hydrogens is 202 g/mol. The van der Waals surface area contributed by atoms with Gasteiger partial charge in [-0.05, 0) is 43.5 Å². The molecule has 0 atom stereocenters. The minimum Gasteiger partial charge on any atom is -0.497 e. The Kier molecular flexibility index (Phi) is 3.34. The van der Waals surface area contributed by atoms with E-state index in [2.05, 4.69) is 17.4 Å². The zero-order valence-electron chi connectivity index (χ0n) is 10.1. The number of methoxy groups -OCH3 is 2. The molecule has 1 fully saturated rings. The van der Waals surface area contributed by atoms with Crippen LogP contribution in [0.25, 0.3) is 0 Å². The summed E-state index contributed by atoms with van der Waals surface area (Å²) < 4.78 is 10.5. The van der Waals surface area contributed by atoms with Crippen molar-refractivity contribution in [3.63, 3.8) is 0 Å². The van der Waals surface area contributed by atoms with Gasteiger partial charge in [0, 0.05) is 12.1 Å². The second-order valence-corrected chi connectivity index (χ2v) is 4.30. The van der Waals surface area contributed by atoms with E-state index >= 15 is 0 Å². The first-order valence-electron chi connectivity index (χ1n) is 5.67. The summed E-state index contributed by atoms with van der Waals surface area (Å²) in [5.41, 5.74) is 1.32. The Hall–Kier alpha value is -1.22. The van der Waals surface area contributed by atoms with Gasteiger partial charge in [-0.3, -0.25) is 0 Å². The van der Waals surface area contributed by atoms with Crippen LogP contribution in [0.4, 0.5) is 0 Å². The fourth-order valence-electron chi connectivity index (χ4n) is 2.19. The molecule has 88 valence electrons. The molecule has 1 aromatic rings. The Morgan fingerprint density at radius 3 is 2.06 bits per heavy atom. The molecule has 0 radical (unpaired) electrons. The van der Waals surface area contributed by atoms with Crippen LogP contribution < -0.4 is 14.8 Å². The van der Waals surface area contributed by atoms with Gasteiger partial charge < -0.3 is 14.8 Å². The SMILES string of the molecule is CNC1CC(c2cc(OC)cc(OC)c2)C1. The zero-order valence-corrected chi connectivity index (χ0v) is 10.1. The van der Waals surface area contributed by atoms with Crippen molar-refractivity contribution in [2.45, 2.75) is 24.8 Å². The van der Waals surface area contributed by atoms with Crippen molar-refractivity contribution in [3.8, 4) is 11.5 Å². The summed E-state index contributed by atoms with van der Waals surface area (Å²) in [7, 11) is 5.40. The molecule has 3 nitrogen and oxygen atoms in total. The van der Waals surface area contributed by atoms with E-state index in [1.54, 1.807) is 14.2 Å². The summed E-state index contributed by atoms with van der Waals surface area (Å²) >= 11 is 0. The van der Waals surface area contributed by atoms with Crippen LogP contribution in [0.1, 0.15) is 24.3 Å². The lowest BCUT2D eigenvalue weighted by Crippen LogP contribution is -2.37. The Morgan fingerprint density at radius 2 is 1.62 bits per heavy atom. The lowest BCUT2D eigenvalue weighted by atomic mass is 9.76. The number of hydrogen-bond donors (Lipinski definition) is 1. The fourth-order valence-corrected chi connectivity index (χ4v) is 2.19. The first-order valence-corrected chi connectivity index (χ1v) is 5.67. The van der Waals surface area contributed by atoms with E-state index < -0.39 is 0 Å². The summed E-state index contributed by atoms with van der Waals surface area (Å²) in [5, 5.41) is 3.30. The molecule has 0 aliphatic heterocycles. The predicted octanol–water partition coefficient (Wildman–Crippen LogP) is 2.17. The lowest BCUT2D eigenvalue weighted by Gasteiger charge is -2.35. The molecule has 1 aliphatic carbocycles. The van der Waals surface area contributed by atoms with Crippen LogP contribution in [-0.4, -0.2) is 27.3 Å². The monoisotopic (exact) mass is 221 g/mol. The van der Waals surface area contributed by atoms with Crippen LogP contribution >= 0.6 is 0 Å². The van der Waals surface area contributed by atoms with Gasteiger partial charge in [-0.1, -0.05) is 0 Å². The van der Waals surface area contributed by atoms with Crippen molar-refractivity contribution >= 4 is 0 Å². The van der Waals surface area contributed by atoms with E-state index in [0.29, 0.717) is 12.0 Å². The number of rotatable bonds is 4. The maximum absolute atomic E-state index is 5.27. The minimum absolute atomic E-state index is 0.640. The summed E-state index contributed by atoms with van der Waals surface area (Å²) in [6.45, 7) is 0. The quantitative estimate of drug-likeness (QED) is 0.845. The molecule has 0 spiro atoms. The van der Waals surface area contributed by atoms with E-state index in [1.165, 1.54) is 18.4 Å². The third-order valence-electron chi connectivity index (χ3n) is 3.39. The molecule has 0 bridgehead atoms. The topological polar surface area (TPSA) is 30.5 Å². The maximum Gasteiger partial charge on any atom is 0.122 e. The molecule has 0 aromatic heterocycles. The van der Waals surface area contributed by atoms with Gasteiger partial charge in [-0.2, -0.15) is 0 Å². The first kappa shape index (κ1) is 11.3. The van der Waals surface area contributed by atoms with Gasteiger partial charge in [-0.25, -0.2) is 0 Å². The second kappa shape index (κ2) is 4.74. The highest BCUT2D eigenvalue weighted by atomic mass is 16.5. The van der Waals surface area contributed by atoms with Gasteiger partial charge in [0.25, 0.3) is 0 Å². The van der Waals surface area contributed by atoms with E-state index in [9.17, 15) is 0 Å². The molecule has 0 unspecified atom stereocenters. The van der Waals surface area contributed by atoms with Crippen molar-refractivity contribution in [2.75, 3.05) is 21.3 Å². The van der Waals surface area contributed by atoms with Crippen LogP contribution in [0.3, 0.4) is 0 Å². The molecule has 2 rings (SSSR count). The van der Waals surface area contributed by atoms with Gasteiger partial charge in [0.05, 0.1) is 14.2 Å². The van der Waals surface area contributed by atoms with Crippen LogP contribution in [-0.2, 0) is 0 Å². The van der Waals surface area contributed by atoms with Crippen LogP contribution in [0.5, 0.6) is 11.5 Å². The molecular formula is C13H19NO2. The third kappa shape index (κ3) is 2.14. The number of hydrogen-bond acceptors (Lipinski definition) is 3. The second-order valence-electron chi connectivity index (χ2n) is 4.30. The Labute approximate surface area is 96.8 Å². The van der Waals surface area contributed by atoms with E-state index in [4.69, 9.17) is 9.47 Å². The number of nitrogens with one attached hydrogen (secondary N) is 1. The molecule has 0 heterocycles. The molecule has 3 heteroatoms. The highest BCUT2D eigenvalue weighted by molar-refractivity contribution is 5.40. The molecule has 1 N–H and O–H groups in total. The average Bonchev–Trinajstić information content (AvgIpc) is 2.27. The van der Waals surface area contributed by atoms with Crippen LogP contribution in [0.15, 0.2) is 18.2 Å². The molecule has 16 heavy (non-hydrogen) atoms. The lowest BCUT2D eigenvalue weighted by molar-refractivity contribution is 0.305. The Morgan fingerprint density at radius 1 is 1.06 bits per heavy atom. The summed E-state index contributed by atoms with van der Waals surface area (Å²) in [4.78, 5) is 0. The smallest absolute Gasteiger partial charge is 0.122 e. The van der Waals surface area contributed by atoms with Crippen LogP contribution in [0.2, 0.25) is 0 Å². The van der Waals surface area contributed by atoms with E-state index in [0.717, 1.165) is 11.5 Å². The maximum atomic E-state index is 5.27. The van der Waals surface area contributed by atoms with Crippen molar-refractivity contribution < 1.29 is 9.47 Å². The standard InChI is InChI=1S/C13H19NO2/c1-14-11-4-9(5-11)10-6-12(15-2)8-13(7-10)16-3/h6-9,11,14H,4-5H2,1-3H3. The van der Waals surface area contributed by atoms with Crippen molar-refractivity contribution in [3.05, 3.63) is 23.8 Å². The summed E-state index contributed by atoms with van der Waals surface area (Å²) in [6, 6.07) is 6.80. The van der Waals surface area contributed by atoms with Crippen LogP contribution in [0, 0.1) is 0 Å². The van der Waals surface area contributed by atoms with Crippen molar-refractivity contribution in [1.82, 2.24) is 5.32 Å². The third-order valence-corrected chi connectivity index (χ3v) is 3.39. The Balaban J connectivity index is 2.14. The molecule has 0 amide bonds. The molecule has 0 saturated heterocycles. The zero-order chi connectivity index (χ0) is 11.5. The Bertz CT molecular complexity index is 337. The fraction of sp³-hybridized carbons (Fsp3) is 0.538. The summed E-state index contributed by atoms with van der Waals surface area (Å²) in [6.07, 6.45) is 2.40. The van der Waals surface area contributed by atoms with Gasteiger partial charge in [0.15, 0.2) is 0 Å². The predicted molar refractivity (Wildman–Crippen MR) is 64.4 cm³/mol. The van der Waals surface area contributed by atoms with Gasteiger partial charge in [-0.15, -0.1) is 0 Å². The highest BCUT2D eigenvalue weighted by Crippen LogP contribution is 2.39. The average molecular weight is 221 g/mol. The van der Waals surface area contributed by atoms with Crippen molar-refractivity contribution in [2.24, 2.45) is 0 Å². The van der Waals surface area contributed by atoms with E-state index in [-0.39, 0.29) is 0 Å². The van der Waals surface area contributed by atoms with Crippen molar-refractivity contribution in [1.29, 1.82) is 0 Å². The molecule has 1 saturated carbocycles. The number of benzene rings is 1.